The van der Waals surface area contributed by atoms with Gasteiger partial charge in [0, 0.05) is 10.5 Å². The number of phenols is 1. The third-order valence-electron chi connectivity index (χ3n) is 3.20. The molecule has 1 fully saturated rings. The number of rotatable bonds is 3. The molecule has 0 bridgehead atoms. The van der Waals surface area contributed by atoms with Crippen molar-refractivity contribution >= 4 is 56.2 Å². The fraction of sp³-hybridized carbons (Fsp3) is 0. The molecule has 0 unspecified atom stereocenters. The van der Waals surface area contributed by atoms with Crippen molar-refractivity contribution in [3.05, 3.63) is 67.5 Å². The SMILES string of the molecule is O=C1NC(=Nc2ccc(Br)cc2)SC1=Cc1ccc(O)c([N+](=O)[O-])c1. The highest BCUT2D eigenvalue weighted by molar-refractivity contribution is 9.10. The van der Waals surface area contributed by atoms with Gasteiger partial charge in [0.25, 0.3) is 5.91 Å². The Hall–Kier alpha value is -2.65. The lowest BCUT2D eigenvalue weighted by Crippen LogP contribution is -2.19. The highest BCUT2D eigenvalue weighted by Crippen LogP contribution is 2.31. The van der Waals surface area contributed by atoms with Gasteiger partial charge in [-0.2, -0.15) is 0 Å². The lowest BCUT2D eigenvalue weighted by atomic mass is 10.1. The predicted molar refractivity (Wildman–Crippen MR) is 99.7 cm³/mol. The number of carbonyl (C=O) groups excluding carboxylic acids is 1. The maximum atomic E-state index is 12.0. The van der Waals surface area contributed by atoms with Crippen LogP contribution in [0.15, 0.2) is 56.8 Å². The molecule has 0 spiro atoms. The van der Waals surface area contributed by atoms with Gasteiger partial charge >= 0.3 is 5.69 Å². The van der Waals surface area contributed by atoms with E-state index in [-0.39, 0.29) is 5.91 Å². The fourth-order valence-corrected chi connectivity index (χ4v) is 3.15. The van der Waals surface area contributed by atoms with Crippen molar-refractivity contribution < 1.29 is 14.8 Å². The van der Waals surface area contributed by atoms with Gasteiger partial charge in [-0.25, -0.2) is 4.99 Å². The molecule has 25 heavy (non-hydrogen) atoms. The van der Waals surface area contributed by atoms with Gasteiger partial charge in [-0.1, -0.05) is 22.0 Å². The second-order valence-corrected chi connectivity index (χ2v) is 6.91. The van der Waals surface area contributed by atoms with Crippen LogP contribution in [-0.2, 0) is 4.79 Å². The van der Waals surface area contributed by atoms with E-state index in [0.29, 0.717) is 21.3 Å². The number of aromatic hydroxyl groups is 1. The number of nitrogens with zero attached hydrogens (tertiary/aromatic N) is 2. The number of nitro groups is 1. The molecule has 126 valence electrons. The molecular formula is C16H10BrN3O4S. The second kappa shape index (κ2) is 7.08. The van der Waals surface area contributed by atoms with Crippen LogP contribution in [0.1, 0.15) is 5.56 Å². The van der Waals surface area contributed by atoms with Crippen molar-refractivity contribution in [3.63, 3.8) is 0 Å². The quantitative estimate of drug-likeness (QED) is 0.445. The van der Waals surface area contributed by atoms with Crippen LogP contribution in [0.2, 0.25) is 0 Å². The molecule has 9 heteroatoms. The topological polar surface area (TPSA) is 105 Å². The minimum Gasteiger partial charge on any atom is -0.502 e. The van der Waals surface area contributed by atoms with Crippen LogP contribution in [0.25, 0.3) is 6.08 Å². The first-order valence-electron chi connectivity index (χ1n) is 6.95. The summed E-state index contributed by atoms with van der Waals surface area (Å²) in [4.78, 5) is 26.9. The first-order chi connectivity index (χ1) is 11.9. The number of carbonyl (C=O) groups is 1. The van der Waals surface area contributed by atoms with Crippen LogP contribution < -0.4 is 5.32 Å². The second-order valence-electron chi connectivity index (χ2n) is 4.96. The van der Waals surface area contributed by atoms with Crippen LogP contribution in [-0.4, -0.2) is 21.1 Å². The first-order valence-corrected chi connectivity index (χ1v) is 8.56. The monoisotopic (exact) mass is 419 g/mol. The molecule has 1 saturated heterocycles. The summed E-state index contributed by atoms with van der Waals surface area (Å²) in [5.41, 5.74) is 0.709. The molecule has 0 aliphatic carbocycles. The zero-order chi connectivity index (χ0) is 18.0. The molecule has 1 aliphatic heterocycles. The van der Waals surface area contributed by atoms with Gasteiger partial charge in [-0.3, -0.25) is 14.9 Å². The molecule has 0 aromatic heterocycles. The van der Waals surface area contributed by atoms with Gasteiger partial charge in [-0.15, -0.1) is 0 Å². The maximum absolute atomic E-state index is 12.0. The molecule has 1 aliphatic rings. The number of nitro benzene ring substituents is 1. The zero-order valence-corrected chi connectivity index (χ0v) is 14.9. The van der Waals surface area contributed by atoms with Crippen molar-refractivity contribution in [3.8, 4) is 5.75 Å². The van der Waals surface area contributed by atoms with Crippen molar-refractivity contribution in [2.45, 2.75) is 0 Å². The van der Waals surface area contributed by atoms with E-state index in [9.17, 15) is 20.0 Å². The Balaban J connectivity index is 1.85. The number of amidine groups is 1. The van der Waals surface area contributed by atoms with Gasteiger partial charge in [-0.05, 0) is 53.7 Å². The number of amides is 1. The normalized spacial score (nSPS) is 17.1. The van der Waals surface area contributed by atoms with Gasteiger partial charge in [0.1, 0.15) is 0 Å². The lowest BCUT2D eigenvalue weighted by molar-refractivity contribution is -0.385. The number of aliphatic imine (C=N–C) groups is 1. The highest BCUT2D eigenvalue weighted by Gasteiger charge is 2.24. The third kappa shape index (κ3) is 4.06. The summed E-state index contributed by atoms with van der Waals surface area (Å²) >= 11 is 4.47. The molecule has 2 aromatic carbocycles. The molecular weight excluding hydrogens is 410 g/mol. The summed E-state index contributed by atoms with van der Waals surface area (Å²) in [6.45, 7) is 0. The highest BCUT2D eigenvalue weighted by atomic mass is 79.9. The van der Waals surface area contributed by atoms with Gasteiger partial charge in [0.2, 0.25) is 0 Å². The Labute approximate surface area is 154 Å². The molecule has 1 heterocycles. The van der Waals surface area contributed by atoms with Crippen LogP contribution in [0.4, 0.5) is 11.4 Å². The largest absolute Gasteiger partial charge is 0.502 e. The van der Waals surface area contributed by atoms with Crippen LogP contribution in [0, 0.1) is 10.1 Å². The van der Waals surface area contributed by atoms with Crippen LogP contribution in [0.5, 0.6) is 5.75 Å². The van der Waals surface area contributed by atoms with E-state index in [1.165, 1.54) is 24.3 Å². The van der Waals surface area contributed by atoms with Crippen molar-refractivity contribution in [1.29, 1.82) is 0 Å². The standard InChI is InChI=1S/C16H10BrN3O4S/c17-10-2-4-11(5-3-10)18-16-19-15(22)14(25-16)8-9-1-6-13(21)12(7-9)20(23)24/h1-8,21H,(H,18,19,22). The lowest BCUT2D eigenvalue weighted by Gasteiger charge is -1.98. The number of halogens is 1. The van der Waals surface area contributed by atoms with Crippen LogP contribution in [0.3, 0.4) is 0 Å². The van der Waals surface area contributed by atoms with E-state index in [2.05, 4.69) is 26.2 Å². The number of hydrogen-bond donors (Lipinski definition) is 2. The summed E-state index contributed by atoms with van der Waals surface area (Å²) in [6, 6.07) is 11.2. The molecule has 2 N–H and O–H groups in total. The molecule has 0 saturated carbocycles. The number of thioether (sulfide) groups is 1. The Kier molecular flexibility index (Phi) is 4.86. The Morgan fingerprint density at radius 2 is 1.96 bits per heavy atom. The zero-order valence-electron chi connectivity index (χ0n) is 12.5. The summed E-state index contributed by atoms with van der Waals surface area (Å²) < 4.78 is 0.925. The molecule has 2 aromatic rings. The molecule has 1 amide bonds. The average molecular weight is 420 g/mol. The van der Waals surface area contributed by atoms with E-state index in [1.807, 2.05) is 12.1 Å². The minimum atomic E-state index is -0.681. The predicted octanol–water partition coefficient (Wildman–Crippen LogP) is 3.95. The van der Waals surface area contributed by atoms with E-state index in [1.54, 1.807) is 12.1 Å². The fourth-order valence-electron chi connectivity index (χ4n) is 2.04. The summed E-state index contributed by atoms with van der Waals surface area (Å²) in [5, 5.41) is 23.4. The van der Waals surface area contributed by atoms with Crippen molar-refractivity contribution in [1.82, 2.24) is 5.32 Å². The van der Waals surface area contributed by atoms with E-state index < -0.39 is 16.4 Å². The average Bonchev–Trinajstić information content (AvgIpc) is 2.90. The molecule has 0 radical (unpaired) electrons. The number of nitrogens with one attached hydrogen (secondary N) is 1. The van der Waals surface area contributed by atoms with E-state index in [4.69, 9.17) is 0 Å². The van der Waals surface area contributed by atoms with Gasteiger partial charge < -0.3 is 10.4 Å². The summed E-state index contributed by atoms with van der Waals surface area (Å²) in [7, 11) is 0. The van der Waals surface area contributed by atoms with Gasteiger partial charge in [0.15, 0.2) is 10.9 Å². The van der Waals surface area contributed by atoms with Gasteiger partial charge in [0.05, 0.1) is 15.5 Å². The summed E-state index contributed by atoms with van der Waals surface area (Å²) in [6.07, 6.45) is 1.51. The van der Waals surface area contributed by atoms with E-state index in [0.717, 1.165) is 16.2 Å². The molecule has 0 atom stereocenters. The number of hydrogen-bond acceptors (Lipinski definition) is 6. The number of benzene rings is 2. The Bertz CT molecular complexity index is 925. The third-order valence-corrected chi connectivity index (χ3v) is 4.64. The number of phenolic OH excluding ortho intramolecular Hbond substituents is 1. The van der Waals surface area contributed by atoms with E-state index >= 15 is 0 Å². The van der Waals surface area contributed by atoms with Crippen LogP contribution >= 0.6 is 27.7 Å². The molecule has 7 nitrogen and oxygen atoms in total. The van der Waals surface area contributed by atoms with Crippen molar-refractivity contribution in [2.75, 3.05) is 0 Å². The van der Waals surface area contributed by atoms with Crippen molar-refractivity contribution in [2.24, 2.45) is 4.99 Å². The Morgan fingerprint density at radius 1 is 1.24 bits per heavy atom. The molecule has 3 rings (SSSR count). The Morgan fingerprint density at radius 3 is 2.64 bits per heavy atom. The maximum Gasteiger partial charge on any atom is 0.311 e. The smallest absolute Gasteiger partial charge is 0.311 e. The summed E-state index contributed by atoms with van der Waals surface area (Å²) in [5.74, 6) is -0.759. The minimum absolute atomic E-state index is 0.336. The first kappa shape index (κ1) is 17.2.